The number of alkyl halides is 3. The highest BCUT2D eigenvalue weighted by molar-refractivity contribution is 9.10. The Kier molecular flexibility index (Phi) is 11.0. The summed E-state index contributed by atoms with van der Waals surface area (Å²) in [6, 6.07) is 17.3. The van der Waals surface area contributed by atoms with E-state index in [4.69, 9.17) is 0 Å². The van der Waals surface area contributed by atoms with Crippen LogP contribution in [-0.4, -0.2) is 42.8 Å². The third-order valence-corrected chi connectivity index (χ3v) is 9.04. The van der Waals surface area contributed by atoms with Crippen LogP contribution in [0.4, 0.5) is 22.0 Å². The second kappa shape index (κ2) is 14.9. The first-order chi connectivity index (χ1) is 22.4. The third-order valence-electron chi connectivity index (χ3n) is 8.51. The molecule has 7 nitrogen and oxygen atoms in total. The number of halogens is 6. The van der Waals surface area contributed by atoms with E-state index in [-0.39, 0.29) is 24.8 Å². The van der Waals surface area contributed by atoms with Gasteiger partial charge in [-0.15, -0.1) is 0 Å². The fourth-order valence-corrected chi connectivity index (χ4v) is 6.11. The summed E-state index contributed by atoms with van der Waals surface area (Å²) in [5.41, 5.74) is 1.98. The molecule has 3 aromatic carbocycles. The fraction of sp³-hybridized carbons (Fsp3) is 0.382. The number of carbonyl (C=O) groups is 3. The number of nitrogens with one attached hydrogen (secondary N) is 3. The number of ether oxygens (including phenoxy) is 1. The van der Waals surface area contributed by atoms with Crippen LogP contribution in [0.5, 0.6) is 0 Å². The van der Waals surface area contributed by atoms with Crippen molar-refractivity contribution < 1.29 is 41.1 Å². The van der Waals surface area contributed by atoms with Crippen molar-refractivity contribution in [3.8, 4) is 0 Å². The minimum absolute atomic E-state index is 0.194. The number of carbonyl (C=O) groups excluding carboxylic acids is 3. The first kappa shape index (κ1) is 34.5. The summed E-state index contributed by atoms with van der Waals surface area (Å²) in [5.74, 6) is -5.40. The van der Waals surface area contributed by atoms with E-state index in [1.165, 1.54) is 24.3 Å². The molecule has 0 heterocycles. The largest absolute Gasteiger partial charge is 0.490 e. The lowest BCUT2D eigenvalue weighted by Crippen LogP contribution is -2.53. The molecular formula is C34H33BrF5N3O4. The van der Waals surface area contributed by atoms with E-state index >= 15 is 0 Å². The Labute approximate surface area is 276 Å². The van der Waals surface area contributed by atoms with Crippen LogP contribution < -0.4 is 16.0 Å². The topological polar surface area (TPSA) is 96.5 Å². The molecule has 0 aliphatic heterocycles. The minimum atomic E-state index is -5.27. The van der Waals surface area contributed by atoms with Gasteiger partial charge in [-0.25, -0.2) is 13.6 Å². The summed E-state index contributed by atoms with van der Waals surface area (Å²) in [7, 11) is 0. The van der Waals surface area contributed by atoms with E-state index < -0.39 is 59.8 Å². The highest BCUT2D eigenvalue weighted by atomic mass is 79.9. The summed E-state index contributed by atoms with van der Waals surface area (Å²) in [6.07, 6.45) is -4.48. The molecule has 5 rings (SSSR count). The van der Waals surface area contributed by atoms with E-state index in [9.17, 15) is 36.3 Å². The molecule has 3 N–H and O–H groups in total. The molecule has 0 bridgehead atoms. The maximum absolute atomic E-state index is 14.0. The van der Waals surface area contributed by atoms with Crippen molar-refractivity contribution in [2.75, 3.05) is 6.54 Å². The number of esters is 1. The van der Waals surface area contributed by atoms with E-state index in [1.54, 1.807) is 24.3 Å². The van der Waals surface area contributed by atoms with Gasteiger partial charge in [0.25, 0.3) is 5.91 Å². The molecule has 2 saturated carbocycles. The van der Waals surface area contributed by atoms with Crippen molar-refractivity contribution in [3.05, 3.63) is 106 Å². The normalized spacial score (nSPS) is 20.4. The minimum Gasteiger partial charge on any atom is -0.430 e. The zero-order chi connectivity index (χ0) is 33.7. The van der Waals surface area contributed by atoms with Crippen LogP contribution in [0.2, 0.25) is 0 Å². The van der Waals surface area contributed by atoms with Crippen LogP contribution in [0.25, 0.3) is 0 Å². The van der Waals surface area contributed by atoms with Gasteiger partial charge < -0.3 is 15.4 Å². The number of hydrogen-bond donors (Lipinski definition) is 3. The van der Waals surface area contributed by atoms with Gasteiger partial charge in [-0.1, -0.05) is 52.3 Å². The standard InChI is InChI=1S/C34H33BrF5N3O4/c35-23-9-3-20(4-10-23)28-17-26(42-31(45)32(41-18-19-1-2-19)47-33(46)34(38,39)40)15-16-27(28)30(44)43-29(21-5-11-24(36)12-6-21)22-7-13-25(37)14-8-22/h3-14,19,26-29,32,41H,1-2,15-18H2,(H,42,45)(H,43,44)/t26-,27-,28+,32?/m1/s1. The molecule has 0 radical (unpaired) electrons. The van der Waals surface area contributed by atoms with Crippen LogP contribution in [-0.2, 0) is 19.1 Å². The van der Waals surface area contributed by atoms with Crippen LogP contribution in [0.3, 0.4) is 0 Å². The highest BCUT2D eigenvalue weighted by Gasteiger charge is 2.44. The average molecular weight is 723 g/mol. The van der Waals surface area contributed by atoms with Crippen LogP contribution in [0.15, 0.2) is 77.3 Å². The second-order valence-electron chi connectivity index (χ2n) is 12.0. The first-order valence-electron chi connectivity index (χ1n) is 15.3. The Bertz CT molecular complexity index is 1500. The fourth-order valence-electron chi connectivity index (χ4n) is 5.85. The second-order valence-corrected chi connectivity index (χ2v) is 12.9. The molecular weight excluding hydrogens is 689 g/mol. The molecule has 4 atom stereocenters. The number of benzene rings is 3. The molecule has 2 amide bonds. The van der Waals surface area contributed by atoms with E-state index in [1.807, 2.05) is 24.3 Å². The quantitative estimate of drug-likeness (QED) is 0.121. The summed E-state index contributed by atoms with van der Waals surface area (Å²) >= 11 is 3.41. The van der Waals surface area contributed by atoms with Gasteiger partial charge in [0.05, 0.1) is 6.04 Å². The van der Waals surface area contributed by atoms with Gasteiger partial charge in [0.1, 0.15) is 11.6 Å². The van der Waals surface area contributed by atoms with E-state index in [0.717, 1.165) is 22.9 Å². The van der Waals surface area contributed by atoms with Gasteiger partial charge in [-0.3, -0.25) is 14.9 Å². The Morgan fingerprint density at radius 3 is 1.94 bits per heavy atom. The van der Waals surface area contributed by atoms with Crippen molar-refractivity contribution in [2.24, 2.45) is 11.8 Å². The summed E-state index contributed by atoms with van der Waals surface area (Å²) in [6.45, 7) is 0.223. The van der Waals surface area contributed by atoms with Crippen molar-refractivity contribution in [3.63, 3.8) is 0 Å². The summed E-state index contributed by atoms with van der Waals surface area (Å²) < 4.78 is 71.7. The maximum atomic E-state index is 14.0. The smallest absolute Gasteiger partial charge is 0.430 e. The zero-order valence-electron chi connectivity index (χ0n) is 25.0. The van der Waals surface area contributed by atoms with Gasteiger partial charge in [0.15, 0.2) is 0 Å². The molecule has 13 heteroatoms. The SMILES string of the molecule is O=C(N[C@@H]1CC[C@@H](C(=O)NC(c2ccc(F)cc2)c2ccc(F)cc2)[C@H](c2ccc(Br)cc2)C1)C(NCC1CC1)OC(=O)C(F)(F)F. The van der Waals surface area contributed by atoms with E-state index in [0.29, 0.717) is 24.0 Å². The molecule has 2 fully saturated rings. The van der Waals surface area contributed by atoms with Gasteiger partial charge in [0.2, 0.25) is 12.1 Å². The molecule has 0 aromatic heterocycles. The average Bonchev–Trinajstić information content (AvgIpc) is 3.87. The maximum Gasteiger partial charge on any atom is 0.490 e. The highest BCUT2D eigenvalue weighted by Crippen LogP contribution is 2.39. The molecule has 0 saturated heterocycles. The third kappa shape index (κ3) is 9.38. The zero-order valence-corrected chi connectivity index (χ0v) is 26.6. The Morgan fingerprint density at radius 1 is 0.830 bits per heavy atom. The number of amides is 2. The number of rotatable bonds is 11. The van der Waals surface area contributed by atoms with Crippen LogP contribution in [0.1, 0.15) is 60.8 Å². The summed E-state index contributed by atoms with van der Waals surface area (Å²) in [4.78, 5) is 38.8. The van der Waals surface area contributed by atoms with Crippen LogP contribution in [0, 0.1) is 23.5 Å². The van der Waals surface area contributed by atoms with Crippen molar-refractivity contribution in [2.45, 2.75) is 62.5 Å². The van der Waals surface area contributed by atoms with Gasteiger partial charge in [-0.05, 0) is 97.0 Å². The predicted octanol–water partition coefficient (Wildman–Crippen LogP) is 6.43. The van der Waals surface area contributed by atoms with Crippen molar-refractivity contribution in [1.82, 2.24) is 16.0 Å². The Hall–Kier alpha value is -3.84. The molecule has 2 aliphatic carbocycles. The number of hydrogen-bond acceptors (Lipinski definition) is 5. The van der Waals surface area contributed by atoms with Gasteiger partial charge in [-0.2, -0.15) is 13.2 Å². The molecule has 3 aromatic rings. The molecule has 250 valence electrons. The van der Waals surface area contributed by atoms with Crippen LogP contribution >= 0.6 is 15.9 Å². The summed E-state index contributed by atoms with van der Waals surface area (Å²) in [5, 5.41) is 8.43. The lowest BCUT2D eigenvalue weighted by atomic mass is 9.72. The van der Waals surface area contributed by atoms with E-state index in [2.05, 4.69) is 36.6 Å². The Morgan fingerprint density at radius 2 is 1.40 bits per heavy atom. The molecule has 2 aliphatic rings. The first-order valence-corrected chi connectivity index (χ1v) is 16.0. The molecule has 0 spiro atoms. The lowest BCUT2D eigenvalue weighted by molar-refractivity contribution is -0.206. The lowest BCUT2D eigenvalue weighted by Gasteiger charge is -2.37. The molecule has 1 unspecified atom stereocenters. The Balaban J connectivity index is 1.35. The monoisotopic (exact) mass is 721 g/mol. The van der Waals surface area contributed by atoms with Crippen molar-refractivity contribution >= 4 is 33.7 Å². The molecule has 47 heavy (non-hydrogen) atoms. The van der Waals surface area contributed by atoms with Gasteiger partial charge in [0, 0.05) is 23.0 Å². The van der Waals surface area contributed by atoms with Crippen molar-refractivity contribution in [1.29, 1.82) is 0 Å². The predicted molar refractivity (Wildman–Crippen MR) is 166 cm³/mol. The van der Waals surface area contributed by atoms with Gasteiger partial charge >= 0.3 is 12.1 Å².